The number of terminal acetylenes is 1. The fraction of sp³-hybridized carbons (Fsp3) is 0.261. The molecule has 0 bridgehead atoms. The predicted molar refractivity (Wildman–Crippen MR) is 105 cm³/mol. The number of hydrogen-bond donors (Lipinski definition) is 1. The second-order valence-corrected chi connectivity index (χ2v) is 7.18. The van der Waals surface area contributed by atoms with Crippen LogP contribution in [0.3, 0.4) is 0 Å². The Morgan fingerprint density at radius 1 is 1.12 bits per heavy atom. The number of benzene rings is 2. The van der Waals surface area contributed by atoms with E-state index in [1.807, 2.05) is 25.1 Å². The molecule has 0 amide bonds. The van der Waals surface area contributed by atoms with Crippen LogP contribution in [0.25, 0.3) is 10.9 Å². The van der Waals surface area contributed by atoms with E-state index >= 15 is 0 Å². The molecule has 1 aromatic heterocycles. The van der Waals surface area contributed by atoms with Gasteiger partial charge < -0.3 is 4.98 Å². The molecule has 0 spiro atoms. The quantitative estimate of drug-likeness (QED) is 0.698. The van der Waals surface area contributed by atoms with Gasteiger partial charge in [0.25, 0.3) is 5.56 Å². The zero-order valence-electron chi connectivity index (χ0n) is 15.0. The Bertz CT molecular complexity index is 1020. The first kappa shape index (κ1) is 17.0. The summed E-state index contributed by atoms with van der Waals surface area (Å²) in [4.78, 5) is 15.1. The molecule has 0 aliphatic carbocycles. The number of H-pyrrole nitrogens is 1. The van der Waals surface area contributed by atoms with Gasteiger partial charge in [0.05, 0.1) is 0 Å². The first-order valence-corrected chi connectivity index (χ1v) is 8.65. The Kier molecular flexibility index (Phi) is 4.51. The molecule has 2 heteroatoms. The SMILES string of the molecule is C#Cc1cccc(CC(C)(C)c2ccc3cc(CC)c(=O)[nH]c3c2)c1. The zero-order chi connectivity index (χ0) is 18.0. The molecule has 0 unspecified atom stereocenters. The molecule has 0 atom stereocenters. The van der Waals surface area contributed by atoms with Crippen LogP contribution in [0.4, 0.5) is 0 Å². The Morgan fingerprint density at radius 3 is 2.64 bits per heavy atom. The summed E-state index contributed by atoms with van der Waals surface area (Å²) >= 11 is 0. The van der Waals surface area contributed by atoms with Crippen molar-refractivity contribution in [2.24, 2.45) is 0 Å². The van der Waals surface area contributed by atoms with Gasteiger partial charge in [0.2, 0.25) is 0 Å². The van der Waals surface area contributed by atoms with E-state index in [4.69, 9.17) is 6.42 Å². The normalized spacial score (nSPS) is 11.4. The molecule has 126 valence electrons. The smallest absolute Gasteiger partial charge is 0.251 e. The second-order valence-electron chi connectivity index (χ2n) is 7.18. The van der Waals surface area contributed by atoms with Gasteiger partial charge in [0.15, 0.2) is 0 Å². The van der Waals surface area contributed by atoms with Gasteiger partial charge in [-0.3, -0.25) is 4.79 Å². The molecule has 0 radical (unpaired) electrons. The molecule has 0 aliphatic rings. The minimum absolute atomic E-state index is 0.00618. The number of aryl methyl sites for hydroxylation is 1. The number of rotatable bonds is 4. The fourth-order valence-corrected chi connectivity index (χ4v) is 3.31. The first-order valence-electron chi connectivity index (χ1n) is 8.65. The third-order valence-electron chi connectivity index (χ3n) is 4.82. The molecule has 2 aromatic carbocycles. The van der Waals surface area contributed by atoms with Gasteiger partial charge in [0.1, 0.15) is 0 Å². The van der Waals surface area contributed by atoms with Crippen molar-refractivity contribution in [3.05, 3.63) is 81.1 Å². The van der Waals surface area contributed by atoms with E-state index in [1.165, 1.54) is 11.1 Å². The number of aromatic nitrogens is 1. The Balaban J connectivity index is 1.98. The fourth-order valence-electron chi connectivity index (χ4n) is 3.31. The number of hydrogen-bond acceptors (Lipinski definition) is 1. The van der Waals surface area contributed by atoms with Gasteiger partial charge in [-0.15, -0.1) is 6.42 Å². The molecule has 0 saturated carbocycles. The maximum absolute atomic E-state index is 12.1. The lowest BCUT2D eigenvalue weighted by atomic mass is 9.78. The van der Waals surface area contributed by atoms with Gasteiger partial charge in [0, 0.05) is 16.6 Å². The average Bonchev–Trinajstić information content (AvgIpc) is 2.60. The first-order chi connectivity index (χ1) is 11.9. The molecule has 25 heavy (non-hydrogen) atoms. The van der Waals surface area contributed by atoms with Crippen LogP contribution in [0.5, 0.6) is 0 Å². The van der Waals surface area contributed by atoms with Crippen molar-refractivity contribution in [2.45, 2.75) is 39.0 Å². The van der Waals surface area contributed by atoms with E-state index < -0.39 is 0 Å². The van der Waals surface area contributed by atoms with Gasteiger partial charge in [-0.25, -0.2) is 0 Å². The van der Waals surface area contributed by atoms with Crippen molar-refractivity contribution in [2.75, 3.05) is 0 Å². The highest BCUT2D eigenvalue weighted by Gasteiger charge is 2.22. The van der Waals surface area contributed by atoms with Crippen LogP contribution < -0.4 is 5.56 Å². The summed E-state index contributed by atoms with van der Waals surface area (Å²) in [5, 5.41) is 1.07. The molecule has 0 aliphatic heterocycles. The third-order valence-corrected chi connectivity index (χ3v) is 4.82. The molecule has 1 N–H and O–H groups in total. The van der Waals surface area contributed by atoms with Gasteiger partial charge in [-0.2, -0.15) is 0 Å². The topological polar surface area (TPSA) is 32.9 Å². The Hall–Kier alpha value is -2.79. The molecular formula is C23H23NO. The molecule has 3 rings (SSSR count). The van der Waals surface area contributed by atoms with E-state index in [-0.39, 0.29) is 11.0 Å². The minimum atomic E-state index is -0.0677. The maximum atomic E-state index is 12.1. The van der Waals surface area contributed by atoms with E-state index in [1.54, 1.807) is 0 Å². The molecule has 1 heterocycles. The van der Waals surface area contributed by atoms with Crippen LogP contribution in [-0.2, 0) is 18.3 Å². The number of fused-ring (bicyclic) bond motifs is 1. The highest BCUT2D eigenvalue weighted by molar-refractivity contribution is 5.80. The van der Waals surface area contributed by atoms with Crippen molar-refractivity contribution in [1.29, 1.82) is 0 Å². The molecule has 0 saturated heterocycles. The van der Waals surface area contributed by atoms with Crippen molar-refractivity contribution >= 4 is 10.9 Å². The van der Waals surface area contributed by atoms with Crippen LogP contribution in [0, 0.1) is 12.3 Å². The third kappa shape index (κ3) is 3.51. The molecule has 0 fully saturated rings. The summed E-state index contributed by atoms with van der Waals surface area (Å²) in [5.74, 6) is 2.69. The lowest BCUT2D eigenvalue weighted by molar-refractivity contribution is 0.523. The lowest BCUT2D eigenvalue weighted by Crippen LogP contribution is -2.21. The van der Waals surface area contributed by atoms with E-state index in [0.29, 0.717) is 0 Å². The molecule has 2 nitrogen and oxygen atoms in total. The van der Waals surface area contributed by atoms with E-state index in [0.717, 1.165) is 34.9 Å². The van der Waals surface area contributed by atoms with Crippen LogP contribution in [0.15, 0.2) is 53.3 Å². The lowest BCUT2D eigenvalue weighted by Gasteiger charge is -2.26. The summed E-state index contributed by atoms with van der Waals surface area (Å²) in [6.07, 6.45) is 7.13. The largest absolute Gasteiger partial charge is 0.322 e. The minimum Gasteiger partial charge on any atom is -0.322 e. The highest BCUT2D eigenvalue weighted by atomic mass is 16.1. The molecule has 3 aromatic rings. The summed E-state index contributed by atoms with van der Waals surface area (Å²) in [6.45, 7) is 6.43. The van der Waals surface area contributed by atoms with Crippen molar-refractivity contribution in [3.63, 3.8) is 0 Å². The van der Waals surface area contributed by atoms with Crippen molar-refractivity contribution in [3.8, 4) is 12.3 Å². The van der Waals surface area contributed by atoms with Crippen LogP contribution >= 0.6 is 0 Å². The second kappa shape index (κ2) is 6.61. The average molecular weight is 329 g/mol. The monoisotopic (exact) mass is 329 g/mol. The van der Waals surface area contributed by atoms with Crippen LogP contribution in [-0.4, -0.2) is 4.98 Å². The Morgan fingerprint density at radius 2 is 1.92 bits per heavy atom. The standard InChI is InChI=1S/C23H23NO/c1-5-16-8-7-9-17(12-16)15-23(3,4)20-11-10-19-13-18(6-2)22(25)24-21(19)14-20/h1,7-14H,6,15H2,2-4H3,(H,24,25). The Labute approximate surface area is 148 Å². The van der Waals surface area contributed by atoms with E-state index in [9.17, 15) is 4.79 Å². The number of pyridine rings is 1. The van der Waals surface area contributed by atoms with Crippen LogP contribution in [0.2, 0.25) is 0 Å². The maximum Gasteiger partial charge on any atom is 0.251 e. The molecular weight excluding hydrogens is 306 g/mol. The van der Waals surface area contributed by atoms with E-state index in [2.05, 4.69) is 55.1 Å². The predicted octanol–water partition coefficient (Wildman–Crippen LogP) is 4.59. The summed E-state index contributed by atoms with van der Waals surface area (Å²) < 4.78 is 0. The van der Waals surface area contributed by atoms with Gasteiger partial charge in [-0.1, -0.05) is 51.0 Å². The van der Waals surface area contributed by atoms with Crippen LogP contribution in [0.1, 0.15) is 43.0 Å². The zero-order valence-corrected chi connectivity index (χ0v) is 15.0. The van der Waals surface area contributed by atoms with Crippen molar-refractivity contribution < 1.29 is 0 Å². The van der Waals surface area contributed by atoms with Gasteiger partial charge >= 0.3 is 0 Å². The highest BCUT2D eigenvalue weighted by Crippen LogP contribution is 2.30. The summed E-state index contributed by atoms with van der Waals surface area (Å²) in [7, 11) is 0. The van der Waals surface area contributed by atoms with Gasteiger partial charge in [-0.05, 0) is 59.0 Å². The van der Waals surface area contributed by atoms with Crippen molar-refractivity contribution in [1.82, 2.24) is 4.98 Å². The number of aromatic amines is 1. The summed E-state index contributed by atoms with van der Waals surface area (Å²) in [5.41, 5.74) is 4.98. The summed E-state index contributed by atoms with van der Waals surface area (Å²) in [6, 6.07) is 16.5. The number of nitrogens with one attached hydrogen (secondary N) is 1.